The standard InChI is InChI=1S/C24H24N4O2S/c29-28(30)22-13-11-21(12-14-22)23-18-31-24(25-16-15-19-7-3-1-4-8-19)27(23)26-17-20-9-5-2-6-10-20/h1-5,7-8,11-14,17-18,20H,6,9-10,15-16H2. The Balaban J connectivity index is 1.63. The molecule has 4 rings (SSSR count). The molecule has 158 valence electrons. The summed E-state index contributed by atoms with van der Waals surface area (Å²) in [4.78, 5) is 16.2. The van der Waals surface area contributed by atoms with E-state index in [4.69, 9.17) is 10.1 Å². The molecule has 0 aliphatic heterocycles. The second kappa shape index (κ2) is 10.1. The monoisotopic (exact) mass is 432 g/mol. The van der Waals surface area contributed by atoms with Gasteiger partial charge in [-0.2, -0.15) is 5.10 Å². The third-order valence-electron chi connectivity index (χ3n) is 5.25. The summed E-state index contributed by atoms with van der Waals surface area (Å²) in [5.74, 6) is 0.416. The lowest BCUT2D eigenvalue weighted by Gasteiger charge is -2.12. The number of allylic oxidation sites excluding steroid dienone is 2. The van der Waals surface area contributed by atoms with Gasteiger partial charge in [-0.3, -0.25) is 15.1 Å². The average molecular weight is 433 g/mol. The van der Waals surface area contributed by atoms with E-state index < -0.39 is 0 Å². The summed E-state index contributed by atoms with van der Waals surface area (Å²) in [6.07, 6.45) is 10.5. The van der Waals surface area contributed by atoms with Crippen molar-refractivity contribution in [2.45, 2.75) is 25.7 Å². The van der Waals surface area contributed by atoms with Crippen molar-refractivity contribution in [3.8, 4) is 11.3 Å². The summed E-state index contributed by atoms with van der Waals surface area (Å²) in [5, 5.41) is 17.8. The van der Waals surface area contributed by atoms with E-state index >= 15 is 0 Å². The highest BCUT2D eigenvalue weighted by molar-refractivity contribution is 7.07. The maximum Gasteiger partial charge on any atom is 0.269 e. The molecule has 0 fully saturated rings. The molecule has 0 amide bonds. The van der Waals surface area contributed by atoms with Crippen LogP contribution in [0.3, 0.4) is 0 Å². The minimum atomic E-state index is -0.384. The molecule has 1 aliphatic rings. The van der Waals surface area contributed by atoms with Crippen LogP contribution in [-0.4, -0.2) is 22.4 Å². The van der Waals surface area contributed by atoms with Gasteiger partial charge in [0.2, 0.25) is 4.80 Å². The highest BCUT2D eigenvalue weighted by atomic mass is 32.1. The molecule has 6 nitrogen and oxygen atoms in total. The number of hydrogen-bond donors (Lipinski definition) is 0. The van der Waals surface area contributed by atoms with E-state index in [9.17, 15) is 10.1 Å². The lowest BCUT2D eigenvalue weighted by molar-refractivity contribution is -0.384. The van der Waals surface area contributed by atoms with Crippen LogP contribution in [-0.2, 0) is 6.42 Å². The third-order valence-corrected chi connectivity index (χ3v) is 6.11. The minimum absolute atomic E-state index is 0.0794. The Morgan fingerprint density at radius 2 is 1.94 bits per heavy atom. The maximum atomic E-state index is 11.0. The Bertz CT molecular complexity index is 1140. The van der Waals surface area contributed by atoms with E-state index in [1.54, 1.807) is 12.1 Å². The molecular weight excluding hydrogens is 408 g/mol. The van der Waals surface area contributed by atoms with E-state index in [1.165, 1.54) is 29.0 Å². The number of thiazole rings is 1. The predicted octanol–water partition coefficient (Wildman–Crippen LogP) is 5.46. The largest absolute Gasteiger partial charge is 0.269 e. The Morgan fingerprint density at radius 1 is 1.13 bits per heavy atom. The minimum Gasteiger partial charge on any atom is -0.258 e. The zero-order valence-corrected chi connectivity index (χ0v) is 17.9. The fourth-order valence-electron chi connectivity index (χ4n) is 3.51. The molecule has 2 aromatic carbocycles. The zero-order valence-electron chi connectivity index (χ0n) is 17.1. The van der Waals surface area contributed by atoms with Crippen LogP contribution in [0.4, 0.5) is 5.69 Å². The summed E-state index contributed by atoms with van der Waals surface area (Å²) in [7, 11) is 0. The predicted molar refractivity (Wildman–Crippen MR) is 125 cm³/mol. The molecule has 7 heteroatoms. The van der Waals surface area contributed by atoms with E-state index in [0.717, 1.165) is 41.7 Å². The topological polar surface area (TPSA) is 72.8 Å². The van der Waals surface area contributed by atoms with Gasteiger partial charge in [0.15, 0.2) is 0 Å². The van der Waals surface area contributed by atoms with Crippen LogP contribution in [0.15, 0.2) is 82.2 Å². The summed E-state index contributed by atoms with van der Waals surface area (Å²) < 4.78 is 1.87. The highest BCUT2D eigenvalue weighted by Crippen LogP contribution is 2.23. The molecule has 1 heterocycles. The number of nitro benzene ring substituents is 1. The van der Waals surface area contributed by atoms with Crippen molar-refractivity contribution in [1.29, 1.82) is 0 Å². The van der Waals surface area contributed by atoms with Crippen LogP contribution < -0.4 is 4.80 Å². The summed E-state index contributed by atoms with van der Waals surface area (Å²) in [6, 6.07) is 16.9. The van der Waals surface area contributed by atoms with Crippen LogP contribution in [0, 0.1) is 16.0 Å². The van der Waals surface area contributed by atoms with Gasteiger partial charge < -0.3 is 0 Å². The Kier molecular flexibility index (Phi) is 6.84. The van der Waals surface area contributed by atoms with Crippen molar-refractivity contribution in [2.75, 3.05) is 6.54 Å². The molecule has 31 heavy (non-hydrogen) atoms. The number of aromatic nitrogens is 1. The summed E-state index contributed by atoms with van der Waals surface area (Å²) >= 11 is 1.54. The summed E-state index contributed by atoms with van der Waals surface area (Å²) in [6.45, 7) is 0.673. The van der Waals surface area contributed by atoms with Gasteiger partial charge in [0.25, 0.3) is 5.69 Å². The zero-order chi connectivity index (χ0) is 21.5. The Labute approximate surface area is 185 Å². The van der Waals surface area contributed by atoms with E-state index in [2.05, 4.69) is 24.3 Å². The van der Waals surface area contributed by atoms with E-state index in [-0.39, 0.29) is 10.6 Å². The first-order chi connectivity index (χ1) is 15.2. The van der Waals surface area contributed by atoms with Crippen molar-refractivity contribution in [3.63, 3.8) is 0 Å². The molecule has 0 saturated carbocycles. The number of rotatable bonds is 7. The van der Waals surface area contributed by atoms with Crippen molar-refractivity contribution < 1.29 is 4.92 Å². The van der Waals surface area contributed by atoms with Gasteiger partial charge in [0.05, 0.1) is 10.6 Å². The molecule has 1 unspecified atom stereocenters. The molecular formula is C24H24N4O2S. The average Bonchev–Trinajstić information content (AvgIpc) is 3.22. The maximum absolute atomic E-state index is 11.0. The summed E-state index contributed by atoms with van der Waals surface area (Å²) in [5.41, 5.74) is 3.10. The van der Waals surface area contributed by atoms with Crippen molar-refractivity contribution in [1.82, 2.24) is 4.68 Å². The van der Waals surface area contributed by atoms with Crippen molar-refractivity contribution in [3.05, 3.63) is 92.6 Å². The fourth-order valence-corrected chi connectivity index (χ4v) is 4.37. The molecule has 3 aromatic rings. The molecule has 0 radical (unpaired) electrons. The van der Waals surface area contributed by atoms with Crippen molar-refractivity contribution >= 4 is 23.2 Å². The quantitative estimate of drug-likeness (QED) is 0.215. The lowest BCUT2D eigenvalue weighted by atomic mass is 9.96. The number of nitro groups is 1. The first-order valence-electron chi connectivity index (χ1n) is 10.4. The third kappa shape index (κ3) is 5.44. The van der Waals surface area contributed by atoms with Gasteiger partial charge in [-0.15, -0.1) is 11.3 Å². The SMILES string of the molecule is O=[N+]([O-])c1ccc(-c2csc(=NCCc3ccccc3)n2N=CC2CC=CCC2)cc1. The normalized spacial score (nSPS) is 16.8. The molecule has 1 aliphatic carbocycles. The number of benzene rings is 2. The van der Waals surface area contributed by atoms with E-state index in [0.29, 0.717) is 12.5 Å². The first kappa shape index (κ1) is 20.9. The Morgan fingerprint density at radius 3 is 2.65 bits per heavy atom. The second-order valence-corrected chi connectivity index (χ2v) is 8.28. The van der Waals surface area contributed by atoms with Gasteiger partial charge in [-0.1, -0.05) is 42.5 Å². The second-order valence-electron chi connectivity index (χ2n) is 7.45. The molecule has 0 bridgehead atoms. The number of non-ortho nitro benzene ring substituents is 1. The van der Waals surface area contributed by atoms with Gasteiger partial charge >= 0.3 is 0 Å². The fraction of sp³-hybridized carbons (Fsp3) is 0.250. The number of hydrogen-bond acceptors (Lipinski definition) is 5. The molecule has 1 atom stereocenters. The van der Waals surface area contributed by atoms with Gasteiger partial charge in [0.1, 0.15) is 0 Å². The van der Waals surface area contributed by atoms with Gasteiger partial charge in [-0.25, -0.2) is 4.68 Å². The van der Waals surface area contributed by atoms with Crippen LogP contribution in [0.2, 0.25) is 0 Å². The molecule has 0 spiro atoms. The first-order valence-corrected chi connectivity index (χ1v) is 11.3. The molecule has 0 saturated heterocycles. The smallest absolute Gasteiger partial charge is 0.258 e. The van der Waals surface area contributed by atoms with Crippen LogP contribution in [0.25, 0.3) is 11.3 Å². The van der Waals surface area contributed by atoms with Gasteiger partial charge in [0, 0.05) is 35.8 Å². The Hall–Kier alpha value is -3.32. The number of nitrogens with zero attached hydrogens (tertiary/aromatic N) is 4. The van der Waals surface area contributed by atoms with Crippen LogP contribution in [0.5, 0.6) is 0 Å². The van der Waals surface area contributed by atoms with Crippen LogP contribution >= 0.6 is 11.3 Å². The van der Waals surface area contributed by atoms with E-state index in [1.807, 2.05) is 34.5 Å². The van der Waals surface area contributed by atoms with Crippen molar-refractivity contribution in [2.24, 2.45) is 16.0 Å². The molecule has 0 N–H and O–H groups in total. The highest BCUT2D eigenvalue weighted by Gasteiger charge is 2.12. The van der Waals surface area contributed by atoms with Crippen LogP contribution in [0.1, 0.15) is 24.8 Å². The van der Waals surface area contributed by atoms with Gasteiger partial charge in [-0.05, 0) is 49.3 Å². The lowest BCUT2D eigenvalue weighted by Crippen LogP contribution is -2.15. The molecule has 1 aromatic heterocycles.